The third kappa shape index (κ3) is 4.53. The van der Waals surface area contributed by atoms with Crippen molar-refractivity contribution >= 4 is 0 Å². The van der Waals surface area contributed by atoms with Crippen LogP contribution in [0.4, 0.5) is 0 Å². The van der Waals surface area contributed by atoms with Crippen LogP contribution in [0.25, 0.3) is 0 Å². The van der Waals surface area contributed by atoms with E-state index in [1.807, 2.05) is 44.2 Å². The zero-order valence-electron chi connectivity index (χ0n) is 8.19. The van der Waals surface area contributed by atoms with Gasteiger partial charge in [-0.3, -0.25) is 0 Å². The average molecular weight is 180 g/mol. The fraction of sp³-hybridized carbons (Fsp3) is 0.455. The largest absolute Gasteiger partial charge is 0.491 e. The molecule has 0 aromatic heterocycles. The molecule has 0 unspecified atom stereocenters. The van der Waals surface area contributed by atoms with Crippen LogP contribution >= 0.6 is 0 Å². The summed E-state index contributed by atoms with van der Waals surface area (Å²) in [5.74, 6) is 0.898. The first-order chi connectivity index (χ1) is 6.29. The summed E-state index contributed by atoms with van der Waals surface area (Å²) in [6.07, 6.45) is 0.277. The van der Waals surface area contributed by atoms with Crippen molar-refractivity contribution in [3.05, 3.63) is 30.3 Å². The molecule has 1 aromatic rings. The Morgan fingerprint density at radius 1 is 1.08 bits per heavy atom. The van der Waals surface area contributed by atoms with E-state index in [0.717, 1.165) is 5.75 Å². The Kier molecular flexibility index (Phi) is 4.33. The van der Waals surface area contributed by atoms with Crippen molar-refractivity contribution in [2.75, 3.05) is 13.2 Å². The Morgan fingerprint density at radius 3 is 2.38 bits per heavy atom. The SMILES string of the molecule is CC(C)OCCOc1ccccc1. The Balaban J connectivity index is 2.13. The van der Waals surface area contributed by atoms with E-state index < -0.39 is 0 Å². The number of para-hydroxylation sites is 1. The van der Waals surface area contributed by atoms with Gasteiger partial charge in [0.1, 0.15) is 12.4 Å². The van der Waals surface area contributed by atoms with Gasteiger partial charge >= 0.3 is 0 Å². The molecule has 0 aliphatic carbocycles. The van der Waals surface area contributed by atoms with Crippen LogP contribution in [0.2, 0.25) is 0 Å². The Morgan fingerprint density at radius 2 is 1.77 bits per heavy atom. The van der Waals surface area contributed by atoms with E-state index in [1.165, 1.54) is 0 Å². The summed E-state index contributed by atoms with van der Waals surface area (Å²) in [4.78, 5) is 0. The highest BCUT2D eigenvalue weighted by atomic mass is 16.5. The predicted octanol–water partition coefficient (Wildman–Crippen LogP) is 2.49. The van der Waals surface area contributed by atoms with Crippen molar-refractivity contribution in [2.24, 2.45) is 0 Å². The van der Waals surface area contributed by atoms with Crippen molar-refractivity contribution in [3.63, 3.8) is 0 Å². The molecule has 0 amide bonds. The van der Waals surface area contributed by atoms with Gasteiger partial charge in [0, 0.05) is 0 Å². The summed E-state index contributed by atoms with van der Waals surface area (Å²) < 4.78 is 10.8. The van der Waals surface area contributed by atoms with Crippen LogP contribution in [0, 0.1) is 0 Å². The lowest BCUT2D eigenvalue weighted by atomic mass is 10.3. The highest BCUT2D eigenvalue weighted by Crippen LogP contribution is 2.07. The highest BCUT2D eigenvalue weighted by molar-refractivity contribution is 5.20. The Bertz CT molecular complexity index is 219. The molecule has 0 N–H and O–H groups in total. The fourth-order valence-corrected chi connectivity index (χ4v) is 0.960. The molecule has 0 spiro atoms. The Hall–Kier alpha value is -1.02. The molecule has 13 heavy (non-hydrogen) atoms. The van der Waals surface area contributed by atoms with Crippen LogP contribution in [0.5, 0.6) is 5.75 Å². The molecule has 0 fully saturated rings. The maximum atomic E-state index is 5.43. The molecule has 0 atom stereocenters. The quantitative estimate of drug-likeness (QED) is 0.648. The summed E-state index contributed by atoms with van der Waals surface area (Å²) in [6.45, 7) is 5.29. The smallest absolute Gasteiger partial charge is 0.119 e. The van der Waals surface area contributed by atoms with Crippen molar-refractivity contribution in [1.29, 1.82) is 0 Å². The molecule has 0 heterocycles. The predicted molar refractivity (Wildman–Crippen MR) is 53.0 cm³/mol. The molecule has 0 aliphatic heterocycles. The number of hydrogen-bond acceptors (Lipinski definition) is 2. The lowest BCUT2D eigenvalue weighted by molar-refractivity contribution is 0.0553. The van der Waals surface area contributed by atoms with Gasteiger partial charge in [-0.2, -0.15) is 0 Å². The molecule has 0 aliphatic rings. The van der Waals surface area contributed by atoms with Gasteiger partial charge in [0.05, 0.1) is 12.7 Å². The summed E-state index contributed by atoms with van der Waals surface area (Å²) in [5, 5.41) is 0. The molecule has 0 saturated carbocycles. The van der Waals surface area contributed by atoms with Crippen LogP contribution in [0.15, 0.2) is 30.3 Å². The zero-order valence-corrected chi connectivity index (χ0v) is 8.19. The summed E-state index contributed by atoms with van der Waals surface area (Å²) in [5.41, 5.74) is 0. The van der Waals surface area contributed by atoms with Crippen LogP contribution < -0.4 is 4.74 Å². The average Bonchev–Trinajstić information content (AvgIpc) is 2.14. The van der Waals surface area contributed by atoms with Gasteiger partial charge < -0.3 is 9.47 Å². The van der Waals surface area contributed by atoms with Crippen molar-refractivity contribution in [3.8, 4) is 5.75 Å². The number of benzene rings is 1. The minimum absolute atomic E-state index is 0.277. The maximum Gasteiger partial charge on any atom is 0.119 e. The first-order valence-electron chi connectivity index (χ1n) is 4.58. The van der Waals surface area contributed by atoms with Crippen LogP contribution in [-0.2, 0) is 4.74 Å². The highest BCUT2D eigenvalue weighted by Gasteiger charge is 1.93. The summed E-state index contributed by atoms with van der Waals surface area (Å²) in [7, 11) is 0. The van der Waals surface area contributed by atoms with Crippen LogP contribution in [-0.4, -0.2) is 19.3 Å². The molecule has 0 bridgehead atoms. The van der Waals surface area contributed by atoms with Crippen LogP contribution in [0.3, 0.4) is 0 Å². The molecule has 2 heteroatoms. The monoisotopic (exact) mass is 180 g/mol. The van der Waals surface area contributed by atoms with E-state index >= 15 is 0 Å². The van der Waals surface area contributed by atoms with E-state index in [2.05, 4.69) is 0 Å². The van der Waals surface area contributed by atoms with Gasteiger partial charge in [-0.1, -0.05) is 18.2 Å². The minimum Gasteiger partial charge on any atom is -0.491 e. The lowest BCUT2D eigenvalue weighted by Gasteiger charge is -2.08. The van der Waals surface area contributed by atoms with Gasteiger partial charge in [0.25, 0.3) is 0 Å². The van der Waals surface area contributed by atoms with Gasteiger partial charge in [-0.15, -0.1) is 0 Å². The lowest BCUT2D eigenvalue weighted by Crippen LogP contribution is -2.11. The van der Waals surface area contributed by atoms with Gasteiger partial charge in [0.2, 0.25) is 0 Å². The minimum atomic E-state index is 0.277. The fourth-order valence-electron chi connectivity index (χ4n) is 0.960. The zero-order chi connectivity index (χ0) is 9.52. The second kappa shape index (κ2) is 5.60. The summed E-state index contributed by atoms with van der Waals surface area (Å²) >= 11 is 0. The molecule has 0 radical (unpaired) electrons. The Labute approximate surface area is 79.5 Å². The van der Waals surface area contributed by atoms with Crippen molar-refractivity contribution in [2.45, 2.75) is 20.0 Å². The molecular formula is C11H16O2. The molecule has 1 aromatic carbocycles. The molecular weight excluding hydrogens is 164 g/mol. The molecule has 1 rings (SSSR count). The van der Waals surface area contributed by atoms with Gasteiger partial charge in [0.15, 0.2) is 0 Å². The van der Waals surface area contributed by atoms with E-state index in [4.69, 9.17) is 9.47 Å². The number of ether oxygens (including phenoxy) is 2. The van der Waals surface area contributed by atoms with E-state index in [0.29, 0.717) is 13.2 Å². The molecule has 0 saturated heterocycles. The standard InChI is InChI=1S/C11H16O2/c1-10(2)12-8-9-13-11-6-4-3-5-7-11/h3-7,10H,8-9H2,1-2H3. The second-order valence-electron chi connectivity index (χ2n) is 3.08. The third-order valence-electron chi connectivity index (χ3n) is 1.55. The third-order valence-corrected chi connectivity index (χ3v) is 1.55. The number of hydrogen-bond donors (Lipinski definition) is 0. The van der Waals surface area contributed by atoms with Crippen molar-refractivity contribution < 1.29 is 9.47 Å². The van der Waals surface area contributed by atoms with Crippen LogP contribution in [0.1, 0.15) is 13.8 Å². The number of rotatable bonds is 5. The van der Waals surface area contributed by atoms with Gasteiger partial charge in [-0.05, 0) is 26.0 Å². The maximum absolute atomic E-state index is 5.43. The summed E-state index contributed by atoms with van der Waals surface area (Å²) in [6, 6.07) is 9.76. The van der Waals surface area contributed by atoms with Crippen molar-refractivity contribution in [1.82, 2.24) is 0 Å². The molecule has 72 valence electrons. The normalized spacial score (nSPS) is 10.4. The molecule has 2 nitrogen and oxygen atoms in total. The van der Waals surface area contributed by atoms with E-state index in [-0.39, 0.29) is 6.10 Å². The van der Waals surface area contributed by atoms with E-state index in [1.54, 1.807) is 0 Å². The van der Waals surface area contributed by atoms with E-state index in [9.17, 15) is 0 Å². The second-order valence-corrected chi connectivity index (χ2v) is 3.08. The first-order valence-corrected chi connectivity index (χ1v) is 4.58. The first kappa shape index (κ1) is 10.1. The topological polar surface area (TPSA) is 18.5 Å². The van der Waals surface area contributed by atoms with Gasteiger partial charge in [-0.25, -0.2) is 0 Å².